The fraction of sp³-hybridized carbons (Fsp3) is 0.250. The largest absolute Gasteiger partial charge is 0.381 e. The Balaban J connectivity index is 1.73. The first-order chi connectivity index (χ1) is 12.5. The van der Waals surface area contributed by atoms with E-state index in [-0.39, 0.29) is 11.7 Å². The fourth-order valence-electron chi connectivity index (χ4n) is 2.89. The number of halogens is 1. The second-order valence-electron chi connectivity index (χ2n) is 6.58. The molecule has 1 heterocycles. The minimum Gasteiger partial charge on any atom is -0.381 e. The van der Waals surface area contributed by atoms with Crippen molar-refractivity contribution < 1.29 is 9.18 Å². The summed E-state index contributed by atoms with van der Waals surface area (Å²) in [6.45, 7) is 3.44. The number of rotatable bonds is 6. The molecule has 0 saturated carbocycles. The van der Waals surface area contributed by atoms with Crippen LogP contribution in [0.25, 0.3) is 5.57 Å². The van der Waals surface area contributed by atoms with Gasteiger partial charge in [-0.2, -0.15) is 0 Å². The smallest absolute Gasteiger partial charge is 0.257 e. The third kappa shape index (κ3) is 3.86. The average Bonchev–Trinajstić information content (AvgIpc) is 2.91. The Bertz CT molecular complexity index is 861. The van der Waals surface area contributed by atoms with Crippen molar-refractivity contribution in [3.63, 3.8) is 0 Å². The first-order valence-corrected chi connectivity index (χ1v) is 8.52. The molecule has 2 aromatic rings. The summed E-state index contributed by atoms with van der Waals surface area (Å²) in [5, 5.41) is 8.94. The van der Waals surface area contributed by atoms with Crippen LogP contribution in [0.3, 0.4) is 0 Å². The lowest BCUT2D eigenvalue weighted by Crippen LogP contribution is -2.21. The van der Waals surface area contributed by atoms with Crippen LogP contribution in [0.1, 0.15) is 11.1 Å². The van der Waals surface area contributed by atoms with Crippen molar-refractivity contribution in [3.05, 3.63) is 59.5 Å². The number of hydrogen-bond donors (Lipinski definition) is 3. The Hall–Kier alpha value is -2.86. The lowest BCUT2D eigenvalue weighted by molar-refractivity contribution is -0.110. The number of carbonyl (C=O) groups excluding carboxylic acids is 1. The van der Waals surface area contributed by atoms with E-state index in [4.69, 9.17) is 0 Å². The first-order valence-electron chi connectivity index (χ1n) is 8.52. The second-order valence-corrected chi connectivity index (χ2v) is 6.58. The molecule has 136 valence electrons. The summed E-state index contributed by atoms with van der Waals surface area (Å²) in [7, 11) is 3.94. The van der Waals surface area contributed by atoms with Crippen LogP contribution in [-0.2, 0) is 4.79 Å². The maximum Gasteiger partial charge on any atom is 0.257 e. The molecule has 0 bridgehead atoms. The first kappa shape index (κ1) is 17.9. The van der Waals surface area contributed by atoms with E-state index < -0.39 is 0 Å². The standard InChI is InChI=1S/C20H23FN4O/c1-13-5-4-6-18-19(13)15(20(26)24-18)12-23-14-7-8-17(16(21)11-14)22-9-10-25(2)3/h4-8,11-12,22-23H,9-10H2,1-3H3,(H,24,26)/b15-12+. The number of hydrogen-bond acceptors (Lipinski definition) is 4. The van der Waals surface area contributed by atoms with Crippen LogP contribution in [-0.4, -0.2) is 38.0 Å². The van der Waals surface area contributed by atoms with Gasteiger partial charge in [0.1, 0.15) is 5.82 Å². The molecule has 0 atom stereocenters. The zero-order chi connectivity index (χ0) is 18.7. The zero-order valence-corrected chi connectivity index (χ0v) is 15.2. The van der Waals surface area contributed by atoms with E-state index in [1.54, 1.807) is 18.3 Å². The van der Waals surface area contributed by atoms with Crippen molar-refractivity contribution in [2.75, 3.05) is 43.1 Å². The number of anilines is 3. The van der Waals surface area contributed by atoms with Gasteiger partial charge < -0.3 is 20.9 Å². The van der Waals surface area contributed by atoms with Gasteiger partial charge in [-0.3, -0.25) is 4.79 Å². The average molecular weight is 354 g/mol. The highest BCUT2D eigenvalue weighted by molar-refractivity contribution is 6.32. The van der Waals surface area contributed by atoms with Crippen molar-refractivity contribution in [1.29, 1.82) is 0 Å². The monoisotopic (exact) mass is 354 g/mol. The summed E-state index contributed by atoms with van der Waals surface area (Å²) in [5.41, 5.74) is 4.29. The van der Waals surface area contributed by atoms with Gasteiger partial charge in [-0.15, -0.1) is 0 Å². The van der Waals surface area contributed by atoms with Crippen molar-refractivity contribution >= 4 is 28.5 Å². The molecular weight excluding hydrogens is 331 g/mol. The molecule has 1 aliphatic rings. The number of aryl methyl sites for hydroxylation is 1. The molecule has 1 aliphatic heterocycles. The molecule has 0 aliphatic carbocycles. The number of nitrogens with zero attached hydrogens (tertiary/aromatic N) is 1. The van der Waals surface area contributed by atoms with Gasteiger partial charge in [0.2, 0.25) is 0 Å². The van der Waals surface area contributed by atoms with Gasteiger partial charge in [0.25, 0.3) is 5.91 Å². The summed E-state index contributed by atoms with van der Waals surface area (Å²) in [5.74, 6) is -0.496. The highest BCUT2D eigenvalue weighted by atomic mass is 19.1. The molecule has 6 heteroatoms. The van der Waals surface area contributed by atoms with Crippen molar-refractivity contribution in [1.82, 2.24) is 4.90 Å². The molecule has 5 nitrogen and oxygen atoms in total. The lowest BCUT2D eigenvalue weighted by atomic mass is 10.0. The Kier molecular flexibility index (Phi) is 5.23. The number of carbonyl (C=O) groups is 1. The summed E-state index contributed by atoms with van der Waals surface area (Å²) in [4.78, 5) is 14.2. The van der Waals surface area contributed by atoms with Crippen LogP contribution in [0.5, 0.6) is 0 Å². The topological polar surface area (TPSA) is 56.4 Å². The summed E-state index contributed by atoms with van der Waals surface area (Å²) < 4.78 is 14.2. The predicted molar refractivity (Wildman–Crippen MR) is 105 cm³/mol. The minimum atomic E-state index is -0.334. The third-order valence-electron chi connectivity index (χ3n) is 4.26. The van der Waals surface area contributed by atoms with E-state index in [0.717, 1.165) is 23.4 Å². The Labute approximate surface area is 152 Å². The van der Waals surface area contributed by atoms with Crippen molar-refractivity contribution in [2.24, 2.45) is 0 Å². The third-order valence-corrected chi connectivity index (χ3v) is 4.26. The number of fused-ring (bicyclic) bond motifs is 1. The molecule has 3 N–H and O–H groups in total. The molecule has 0 saturated heterocycles. The van der Waals surface area contributed by atoms with Gasteiger partial charge >= 0.3 is 0 Å². The van der Waals surface area contributed by atoms with E-state index in [2.05, 4.69) is 16.0 Å². The molecular formula is C20H23FN4O. The zero-order valence-electron chi connectivity index (χ0n) is 15.2. The van der Waals surface area contributed by atoms with Crippen LogP contribution >= 0.6 is 0 Å². The highest BCUT2D eigenvalue weighted by Gasteiger charge is 2.25. The van der Waals surface area contributed by atoms with Crippen LogP contribution in [0, 0.1) is 12.7 Å². The van der Waals surface area contributed by atoms with Crippen LogP contribution < -0.4 is 16.0 Å². The number of nitrogens with one attached hydrogen (secondary N) is 3. The van der Waals surface area contributed by atoms with Gasteiger partial charge in [-0.25, -0.2) is 4.39 Å². The van der Waals surface area contributed by atoms with Crippen LogP contribution in [0.15, 0.2) is 42.6 Å². The van der Waals surface area contributed by atoms with Crippen LogP contribution in [0.4, 0.5) is 21.5 Å². The van der Waals surface area contributed by atoms with Gasteiger partial charge in [0, 0.05) is 36.2 Å². The number of amides is 1. The summed E-state index contributed by atoms with van der Waals surface area (Å²) in [6.07, 6.45) is 1.63. The molecule has 0 unspecified atom stereocenters. The van der Waals surface area contributed by atoms with E-state index in [1.165, 1.54) is 6.07 Å². The predicted octanol–water partition coefficient (Wildman–Crippen LogP) is 3.51. The molecule has 0 aromatic heterocycles. The van der Waals surface area contributed by atoms with Gasteiger partial charge in [0.15, 0.2) is 0 Å². The molecule has 1 amide bonds. The van der Waals surface area contributed by atoms with E-state index >= 15 is 0 Å². The Morgan fingerprint density at radius 2 is 2.04 bits per heavy atom. The summed E-state index contributed by atoms with van der Waals surface area (Å²) >= 11 is 0. The van der Waals surface area contributed by atoms with Crippen molar-refractivity contribution in [3.8, 4) is 0 Å². The summed E-state index contributed by atoms with van der Waals surface area (Å²) in [6, 6.07) is 10.6. The van der Waals surface area contributed by atoms with E-state index in [0.29, 0.717) is 23.5 Å². The van der Waals surface area contributed by atoms with Crippen LogP contribution in [0.2, 0.25) is 0 Å². The van der Waals surface area contributed by atoms with Gasteiger partial charge in [-0.05, 0) is 50.8 Å². The molecule has 0 radical (unpaired) electrons. The number of benzene rings is 2. The SMILES string of the molecule is Cc1cccc2c1/C(=C\Nc1ccc(NCCN(C)C)c(F)c1)C(=O)N2. The molecule has 0 spiro atoms. The highest BCUT2D eigenvalue weighted by Crippen LogP contribution is 2.34. The van der Waals surface area contributed by atoms with E-state index in [1.807, 2.05) is 44.1 Å². The molecule has 26 heavy (non-hydrogen) atoms. The fourth-order valence-corrected chi connectivity index (χ4v) is 2.89. The minimum absolute atomic E-state index is 0.163. The quantitative estimate of drug-likeness (QED) is 0.695. The van der Waals surface area contributed by atoms with Gasteiger partial charge in [0.05, 0.1) is 11.3 Å². The number of likely N-dealkylation sites (N-methyl/N-ethyl adjacent to an activating group) is 1. The van der Waals surface area contributed by atoms with E-state index in [9.17, 15) is 9.18 Å². The Morgan fingerprint density at radius 3 is 2.77 bits per heavy atom. The maximum absolute atomic E-state index is 14.2. The van der Waals surface area contributed by atoms with Crippen molar-refractivity contribution in [2.45, 2.75) is 6.92 Å². The lowest BCUT2D eigenvalue weighted by Gasteiger charge is -2.12. The molecule has 3 rings (SSSR count). The second kappa shape index (κ2) is 7.58. The molecule has 0 fully saturated rings. The Morgan fingerprint density at radius 1 is 1.23 bits per heavy atom. The normalized spacial score (nSPS) is 14.5. The maximum atomic E-state index is 14.2. The molecule has 2 aromatic carbocycles. The van der Waals surface area contributed by atoms with Gasteiger partial charge in [-0.1, -0.05) is 12.1 Å².